The van der Waals surface area contributed by atoms with Crippen LogP contribution in [0.5, 0.6) is 0 Å². The number of hydrogen-bond acceptors (Lipinski definition) is 4. The molecular formula is C28H34N2O5. The van der Waals surface area contributed by atoms with E-state index in [4.69, 9.17) is 4.74 Å². The number of hydrogen-bond donors (Lipinski definition) is 2. The summed E-state index contributed by atoms with van der Waals surface area (Å²) in [5.74, 6) is -1.52. The summed E-state index contributed by atoms with van der Waals surface area (Å²) < 4.78 is 5.66. The molecule has 1 saturated carbocycles. The number of ether oxygens (including phenoxy) is 1. The lowest BCUT2D eigenvalue weighted by Gasteiger charge is -2.36. The summed E-state index contributed by atoms with van der Waals surface area (Å²) in [5.41, 5.74) is 3.87. The molecule has 0 saturated heterocycles. The Morgan fingerprint density at radius 2 is 1.54 bits per heavy atom. The van der Waals surface area contributed by atoms with Crippen LogP contribution in [0.25, 0.3) is 11.1 Å². The highest BCUT2D eigenvalue weighted by Gasteiger charge is 2.40. The van der Waals surface area contributed by atoms with Crippen molar-refractivity contribution >= 4 is 18.0 Å². The first-order chi connectivity index (χ1) is 16.7. The van der Waals surface area contributed by atoms with Crippen LogP contribution in [-0.4, -0.2) is 53.2 Å². The first-order valence-corrected chi connectivity index (χ1v) is 12.3. The van der Waals surface area contributed by atoms with Gasteiger partial charge in [-0.25, -0.2) is 4.79 Å². The van der Waals surface area contributed by atoms with E-state index in [1.807, 2.05) is 57.2 Å². The largest absolute Gasteiger partial charge is 0.480 e. The minimum Gasteiger partial charge on any atom is -0.480 e. The molecule has 7 heteroatoms. The quantitative estimate of drug-likeness (QED) is 0.596. The molecule has 0 heterocycles. The van der Waals surface area contributed by atoms with Crippen molar-refractivity contribution in [3.63, 3.8) is 0 Å². The number of amides is 2. The van der Waals surface area contributed by atoms with Crippen molar-refractivity contribution in [2.75, 3.05) is 13.2 Å². The third-order valence-electron chi connectivity index (χ3n) is 7.07. The predicted molar refractivity (Wildman–Crippen MR) is 133 cm³/mol. The summed E-state index contributed by atoms with van der Waals surface area (Å²) >= 11 is 0. The van der Waals surface area contributed by atoms with Crippen molar-refractivity contribution in [1.82, 2.24) is 10.2 Å². The van der Waals surface area contributed by atoms with Gasteiger partial charge in [0, 0.05) is 12.0 Å². The van der Waals surface area contributed by atoms with E-state index in [-0.39, 0.29) is 31.0 Å². The molecule has 2 aromatic rings. The van der Waals surface area contributed by atoms with Crippen LogP contribution in [0.15, 0.2) is 48.5 Å². The molecule has 186 valence electrons. The Kier molecular flexibility index (Phi) is 7.15. The maximum Gasteiger partial charge on any atom is 0.407 e. The number of fused-ring (bicyclic) bond motifs is 3. The lowest BCUT2D eigenvalue weighted by atomic mass is 9.85. The normalized spacial score (nSPS) is 16.3. The molecular weight excluding hydrogens is 444 g/mol. The Bertz CT molecular complexity index is 1060. The zero-order chi connectivity index (χ0) is 25.2. The molecule has 35 heavy (non-hydrogen) atoms. The van der Waals surface area contributed by atoms with E-state index in [1.165, 1.54) is 4.90 Å². The van der Waals surface area contributed by atoms with Gasteiger partial charge in [0.15, 0.2) is 0 Å². The van der Waals surface area contributed by atoms with E-state index in [2.05, 4.69) is 17.4 Å². The second-order valence-corrected chi connectivity index (χ2v) is 10.6. The Labute approximate surface area is 206 Å². The summed E-state index contributed by atoms with van der Waals surface area (Å²) in [7, 11) is 0. The van der Waals surface area contributed by atoms with Crippen molar-refractivity contribution < 1.29 is 24.2 Å². The molecule has 2 aliphatic rings. The second kappa shape index (κ2) is 10.1. The lowest BCUT2D eigenvalue weighted by molar-refractivity contribution is -0.148. The Balaban J connectivity index is 1.48. The fraction of sp³-hybridized carbons (Fsp3) is 0.464. The molecule has 0 aromatic heterocycles. The van der Waals surface area contributed by atoms with E-state index in [0.717, 1.165) is 47.9 Å². The van der Waals surface area contributed by atoms with Crippen molar-refractivity contribution in [3.8, 4) is 11.1 Å². The summed E-state index contributed by atoms with van der Waals surface area (Å²) in [4.78, 5) is 39.4. The number of carbonyl (C=O) groups excluding carboxylic acids is 2. The minimum atomic E-state index is -1.06. The van der Waals surface area contributed by atoms with Crippen LogP contribution < -0.4 is 5.32 Å². The van der Waals surface area contributed by atoms with Gasteiger partial charge >= 0.3 is 12.1 Å². The van der Waals surface area contributed by atoms with Crippen molar-refractivity contribution in [1.29, 1.82) is 0 Å². The molecule has 0 bridgehead atoms. The Morgan fingerprint density at radius 3 is 2.06 bits per heavy atom. The van der Waals surface area contributed by atoms with Crippen LogP contribution in [0.4, 0.5) is 4.79 Å². The van der Waals surface area contributed by atoms with Crippen LogP contribution in [0.3, 0.4) is 0 Å². The van der Waals surface area contributed by atoms with E-state index in [9.17, 15) is 19.5 Å². The van der Waals surface area contributed by atoms with Crippen molar-refractivity contribution in [3.05, 3.63) is 59.7 Å². The minimum absolute atomic E-state index is 0.0843. The van der Waals surface area contributed by atoms with Crippen molar-refractivity contribution in [2.24, 2.45) is 5.41 Å². The van der Waals surface area contributed by atoms with Gasteiger partial charge in [0.25, 0.3) is 0 Å². The highest BCUT2D eigenvalue weighted by atomic mass is 16.5. The van der Waals surface area contributed by atoms with Gasteiger partial charge in [-0.2, -0.15) is 0 Å². The number of aliphatic carboxylic acids is 1. The highest BCUT2D eigenvalue weighted by molar-refractivity contribution is 5.89. The summed E-state index contributed by atoms with van der Waals surface area (Å²) in [6.45, 7) is 5.33. The molecule has 0 unspecified atom stereocenters. The van der Waals surface area contributed by atoms with Gasteiger partial charge in [-0.15, -0.1) is 0 Å². The predicted octanol–water partition coefficient (Wildman–Crippen LogP) is 4.80. The van der Waals surface area contributed by atoms with E-state index >= 15 is 0 Å². The molecule has 2 aliphatic carbocycles. The van der Waals surface area contributed by atoms with Gasteiger partial charge in [0.2, 0.25) is 5.91 Å². The first-order valence-electron chi connectivity index (χ1n) is 12.3. The summed E-state index contributed by atoms with van der Waals surface area (Å²) in [6, 6.07) is 15.2. The first kappa shape index (κ1) is 24.8. The monoisotopic (exact) mass is 478 g/mol. The van der Waals surface area contributed by atoms with Crippen LogP contribution in [0.2, 0.25) is 0 Å². The average molecular weight is 479 g/mol. The van der Waals surface area contributed by atoms with Crippen LogP contribution in [0, 0.1) is 5.41 Å². The number of rotatable bonds is 7. The smallest absolute Gasteiger partial charge is 0.407 e. The number of alkyl carbamates (subject to hydrolysis) is 1. The van der Waals surface area contributed by atoms with E-state index < -0.39 is 23.5 Å². The topological polar surface area (TPSA) is 95.9 Å². The van der Waals surface area contributed by atoms with Crippen LogP contribution in [-0.2, 0) is 14.3 Å². The number of benzene rings is 2. The molecule has 0 radical (unpaired) electrons. The number of carbonyl (C=O) groups is 3. The number of carboxylic acids is 1. The second-order valence-electron chi connectivity index (χ2n) is 10.6. The Morgan fingerprint density at radius 1 is 1.00 bits per heavy atom. The molecule has 2 aromatic carbocycles. The molecule has 2 N–H and O–H groups in total. The van der Waals surface area contributed by atoms with E-state index in [0.29, 0.717) is 0 Å². The van der Waals surface area contributed by atoms with Crippen LogP contribution in [0.1, 0.15) is 63.5 Å². The Hall–Kier alpha value is -3.35. The van der Waals surface area contributed by atoms with Gasteiger partial charge in [-0.1, -0.05) is 82.1 Å². The third-order valence-corrected chi connectivity index (χ3v) is 7.07. The third kappa shape index (κ3) is 5.34. The summed E-state index contributed by atoms with van der Waals surface area (Å²) in [6.07, 6.45) is 2.81. The zero-order valence-corrected chi connectivity index (χ0v) is 20.6. The number of carboxylic acid groups (broad SMARTS) is 1. The maximum atomic E-state index is 13.5. The molecule has 4 rings (SSSR count). The summed E-state index contributed by atoms with van der Waals surface area (Å²) in [5, 5.41) is 12.2. The number of nitrogens with zero attached hydrogens (tertiary/aromatic N) is 1. The lowest BCUT2D eigenvalue weighted by Crippen LogP contribution is -2.57. The van der Waals surface area contributed by atoms with E-state index in [1.54, 1.807) is 0 Å². The molecule has 1 fully saturated rings. The molecule has 2 amide bonds. The molecule has 0 aliphatic heterocycles. The van der Waals surface area contributed by atoms with Gasteiger partial charge < -0.3 is 20.1 Å². The fourth-order valence-corrected chi connectivity index (χ4v) is 5.32. The van der Waals surface area contributed by atoms with Gasteiger partial charge in [0.05, 0.1) is 0 Å². The fourth-order valence-electron chi connectivity index (χ4n) is 5.32. The molecule has 7 nitrogen and oxygen atoms in total. The number of nitrogens with one attached hydrogen (secondary N) is 1. The highest BCUT2D eigenvalue weighted by Crippen LogP contribution is 2.44. The van der Waals surface area contributed by atoms with Gasteiger partial charge in [-0.05, 0) is 40.5 Å². The molecule has 1 atom stereocenters. The van der Waals surface area contributed by atoms with Crippen molar-refractivity contribution in [2.45, 2.75) is 64.5 Å². The molecule has 0 spiro atoms. The zero-order valence-electron chi connectivity index (χ0n) is 20.6. The SMILES string of the molecule is CC(C)(C)[C@H](NC(=O)OCC1c2ccccc2-c2ccccc21)C(=O)N(CC(=O)O)C1CCCC1. The van der Waals surface area contributed by atoms with Gasteiger partial charge in [0.1, 0.15) is 19.2 Å². The average Bonchev–Trinajstić information content (AvgIpc) is 3.45. The standard InChI is InChI=1S/C28H34N2O5/c1-28(2,3)25(26(33)30(16-24(31)32)18-10-4-5-11-18)29-27(34)35-17-23-21-14-8-6-12-19(21)20-13-7-9-15-22(20)23/h6-9,12-15,18,23,25H,4-5,10-11,16-17H2,1-3H3,(H,29,34)(H,31,32)/t25-/m1/s1. The maximum absolute atomic E-state index is 13.5. The van der Waals surface area contributed by atoms with Gasteiger partial charge in [-0.3, -0.25) is 9.59 Å². The van der Waals surface area contributed by atoms with Crippen LogP contribution >= 0.6 is 0 Å².